The molecule has 0 saturated carbocycles. The summed E-state index contributed by atoms with van der Waals surface area (Å²) in [6, 6.07) is 0. The molecule has 0 bridgehead atoms. The van der Waals surface area contributed by atoms with Crippen molar-refractivity contribution in [2.75, 3.05) is 0 Å². The lowest BCUT2D eigenvalue weighted by molar-refractivity contribution is 0.392. The van der Waals surface area contributed by atoms with Crippen molar-refractivity contribution in [2.45, 2.75) is 53.1 Å². The van der Waals surface area contributed by atoms with Gasteiger partial charge in [-0.15, -0.1) is 0 Å². The summed E-state index contributed by atoms with van der Waals surface area (Å²) in [6.45, 7) is 12.0. The van der Waals surface area contributed by atoms with Crippen LogP contribution in [0.2, 0.25) is 0 Å². The number of hydrogen-bond donors (Lipinski definition) is 1. The van der Waals surface area contributed by atoms with Crippen LogP contribution in [0.5, 0.6) is 0 Å². The average Bonchev–Trinajstić information content (AvgIpc) is 2.85. The molecular weight excluding hydrogens is 252 g/mol. The molecule has 2 aromatic rings. The van der Waals surface area contributed by atoms with Crippen LogP contribution < -0.4 is 5.32 Å². The van der Waals surface area contributed by atoms with Crippen LogP contribution in [0.3, 0.4) is 0 Å². The summed E-state index contributed by atoms with van der Waals surface area (Å²) in [5.41, 5.74) is 4.54. The molecule has 0 spiro atoms. The summed E-state index contributed by atoms with van der Waals surface area (Å²) in [5, 5.41) is 12.0. The molecule has 0 unspecified atom stereocenters. The molecule has 5 nitrogen and oxygen atoms in total. The van der Waals surface area contributed by atoms with Gasteiger partial charge in [-0.3, -0.25) is 4.68 Å². The van der Waals surface area contributed by atoms with Crippen LogP contribution in [-0.2, 0) is 25.6 Å². The van der Waals surface area contributed by atoms with Gasteiger partial charge >= 0.3 is 0 Å². The lowest BCUT2D eigenvalue weighted by Gasteiger charge is -2.17. The second kappa shape index (κ2) is 5.40. The zero-order chi connectivity index (χ0) is 14.9. The van der Waals surface area contributed by atoms with E-state index in [1.807, 2.05) is 25.6 Å². The van der Waals surface area contributed by atoms with E-state index in [4.69, 9.17) is 4.52 Å². The third-order valence-electron chi connectivity index (χ3n) is 3.41. The molecule has 0 atom stereocenters. The Kier molecular flexibility index (Phi) is 3.99. The Morgan fingerprint density at radius 2 is 1.95 bits per heavy atom. The maximum absolute atomic E-state index is 5.17. The van der Waals surface area contributed by atoms with Crippen molar-refractivity contribution in [3.63, 3.8) is 0 Å². The molecule has 0 aliphatic carbocycles. The molecular formula is C15H24N4O. The molecule has 0 saturated heterocycles. The summed E-state index contributed by atoms with van der Waals surface area (Å²) in [7, 11) is 1.97. The Hall–Kier alpha value is -1.62. The van der Waals surface area contributed by atoms with Crippen LogP contribution in [0.4, 0.5) is 0 Å². The number of aromatic nitrogens is 3. The number of nitrogens with one attached hydrogen (secondary N) is 1. The van der Waals surface area contributed by atoms with Crippen LogP contribution in [0, 0.1) is 13.8 Å². The molecule has 2 heterocycles. The molecule has 0 aliphatic rings. The Bertz CT molecular complexity index is 570. The van der Waals surface area contributed by atoms with Gasteiger partial charge in [0.05, 0.1) is 11.4 Å². The van der Waals surface area contributed by atoms with Crippen molar-refractivity contribution in [3.05, 3.63) is 34.5 Å². The van der Waals surface area contributed by atoms with Gasteiger partial charge < -0.3 is 9.84 Å². The van der Waals surface area contributed by atoms with E-state index in [2.05, 4.69) is 42.5 Å². The minimum Gasteiger partial charge on any atom is -0.361 e. The van der Waals surface area contributed by atoms with Crippen LogP contribution in [0.15, 0.2) is 10.7 Å². The first-order valence-electron chi connectivity index (χ1n) is 6.94. The molecule has 1 N–H and O–H groups in total. The Morgan fingerprint density at radius 3 is 2.50 bits per heavy atom. The summed E-state index contributed by atoms with van der Waals surface area (Å²) in [5.74, 6) is 0.886. The molecule has 0 aliphatic heterocycles. The van der Waals surface area contributed by atoms with Crippen LogP contribution in [0.1, 0.15) is 49.0 Å². The Labute approximate surface area is 120 Å². The lowest BCUT2D eigenvalue weighted by atomic mass is 9.89. The molecule has 2 rings (SSSR count). The van der Waals surface area contributed by atoms with Gasteiger partial charge in [0.2, 0.25) is 0 Å². The highest BCUT2D eigenvalue weighted by Crippen LogP contribution is 2.24. The number of rotatable bonds is 4. The van der Waals surface area contributed by atoms with Gasteiger partial charge in [0.1, 0.15) is 5.76 Å². The van der Waals surface area contributed by atoms with E-state index in [0.717, 1.165) is 35.8 Å². The zero-order valence-electron chi connectivity index (χ0n) is 13.2. The highest BCUT2D eigenvalue weighted by Gasteiger charge is 2.21. The Balaban J connectivity index is 2.05. The van der Waals surface area contributed by atoms with Gasteiger partial charge in [-0.2, -0.15) is 5.10 Å². The highest BCUT2D eigenvalue weighted by atomic mass is 16.5. The summed E-state index contributed by atoms with van der Waals surface area (Å²) >= 11 is 0. The van der Waals surface area contributed by atoms with Crippen molar-refractivity contribution in [2.24, 2.45) is 7.05 Å². The van der Waals surface area contributed by atoms with Crippen molar-refractivity contribution >= 4 is 0 Å². The zero-order valence-corrected chi connectivity index (χ0v) is 13.2. The topological polar surface area (TPSA) is 55.9 Å². The van der Waals surface area contributed by atoms with Crippen LogP contribution >= 0.6 is 0 Å². The van der Waals surface area contributed by atoms with Gasteiger partial charge in [0.15, 0.2) is 0 Å². The summed E-state index contributed by atoms with van der Waals surface area (Å²) in [4.78, 5) is 0. The first-order chi connectivity index (χ1) is 9.29. The van der Waals surface area contributed by atoms with E-state index < -0.39 is 0 Å². The van der Waals surface area contributed by atoms with Crippen LogP contribution in [-0.4, -0.2) is 14.9 Å². The normalized spacial score (nSPS) is 12.1. The smallest absolute Gasteiger partial charge is 0.138 e. The Morgan fingerprint density at radius 1 is 1.25 bits per heavy atom. The minimum atomic E-state index is 0.0568. The molecule has 0 aromatic carbocycles. The quantitative estimate of drug-likeness (QED) is 0.932. The van der Waals surface area contributed by atoms with E-state index in [0.29, 0.717) is 0 Å². The largest absolute Gasteiger partial charge is 0.361 e. The monoisotopic (exact) mass is 276 g/mol. The van der Waals surface area contributed by atoms with Crippen molar-refractivity contribution < 1.29 is 4.52 Å². The maximum atomic E-state index is 5.17. The number of aryl methyl sites for hydroxylation is 3. The molecule has 5 heteroatoms. The number of hydrogen-bond acceptors (Lipinski definition) is 4. The van der Waals surface area contributed by atoms with Gasteiger partial charge in [0.25, 0.3) is 0 Å². The molecule has 20 heavy (non-hydrogen) atoms. The van der Waals surface area contributed by atoms with E-state index in [1.165, 1.54) is 5.56 Å². The molecule has 0 amide bonds. The van der Waals surface area contributed by atoms with Gasteiger partial charge in [-0.05, 0) is 13.8 Å². The average molecular weight is 276 g/mol. The van der Waals surface area contributed by atoms with E-state index in [9.17, 15) is 0 Å². The predicted molar refractivity (Wildman–Crippen MR) is 78.4 cm³/mol. The molecule has 0 radical (unpaired) electrons. The van der Waals surface area contributed by atoms with Gasteiger partial charge in [-0.1, -0.05) is 25.9 Å². The lowest BCUT2D eigenvalue weighted by Crippen LogP contribution is -2.19. The fourth-order valence-electron chi connectivity index (χ4n) is 2.37. The van der Waals surface area contributed by atoms with Crippen molar-refractivity contribution in [1.29, 1.82) is 0 Å². The fourth-order valence-corrected chi connectivity index (χ4v) is 2.37. The van der Waals surface area contributed by atoms with Crippen molar-refractivity contribution in [1.82, 2.24) is 20.3 Å². The van der Waals surface area contributed by atoms with E-state index in [-0.39, 0.29) is 5.41 Å². The van der Waals surface area contributed by atoms with Crippen molar-refractivity contribution in [3.8, 4) is 0 Å². The molecule has 110 valence electrons. The third-order valence-corrected chi connectivity index (χ3v) is 3.41. The van der Waals surface area contributed by atoms with E-state index in [1.54, 1.807) is 0 Å². The summed E-state index contributed by atoms with van der Waals surface area (Å²) in [6.07, 6.45) is 2.08. The first kappa shape index (κ1) is 14.8. The highest BCUT2D eigenvalue weighted by molar-refractivity contribution is 5.25. The maximum Gasteiger partial charge on any atom is 0.138 e. The van der Waals surface area contributed by atoms with E-state index >= 15 is 0 Å². The second-order valence-corrected chi connectivity index (χ2v) is 6.33. The standard InChI is InChI=1S/C15H24N4O/c1-10-13(11(2)20-18-10)8-16-7-12-9-19(6)17-14(12)15(3,4)5/h9,16H,7-8H2,1-6H3. The predicted octanol–water partition coefficient (Wildman–Crippen LogP) is 2.61. The molecule has 2 aromatic heterocycles. The SMILES string of the molecule is Cc1noc(C)c1CNCc1cn(C)nc1C(C)(C)C. The molecule has 0 fully saturated rings. The minimum absolute atomic E-state index is 0.0568. The summed E-state index contributed by atoms with van der Waals surface area (Å²) < 4.78 is 7.06. The first-order valence-corrected chi connectivity index (χ1v) is 6.94. The van der Waals surface area contributed by atoms with Gasteiger partial charge in [-0.25, -0.2) is 0 Å². The third kappa shape index (κ3) is 3.10. The van der Waals surface area contributed by atoms with Gasteiger partial charge in [0, 0.05) is 42.9 Å². The number of nitrogens with zero attached hydrogens (tertiary/aromatic N) is 3. The van der Waals surface area contributed by atoms with Crippen LogP contribution in [0.25, 0.3) is 0 Å². The fraction of sp³-hybridized carbons (Fsp3) is 0.600. The second-order valence-electron chi connectivity index (χ2n) is 6.33.